The smallest absolute Gasteiger partial charge is 0.217 e. The summed E-state index contributed by atoms with van der Waals surface area (Å²) in [7, 11) is 0. The number of hydrogen-bond acceptors (Lipinski definition) is 2. The summed E-state index contributed by atoms with van der Waals surface area (Å²) < 4.78 is 0. The normalized spacial score (nSPS) is 26.7. The van der Waals surface area contributed by atoms with Gasteiger partial charge in [-0.2, -0.15) is 0 Å². The van der Waals surface area contributed by atoms with Crippen molar-refractivity contribution in [3.05, 3.63) is 0 Å². The quantitative estimate of drug-likeness (QED) is 0.778. The molecule has 1 amide bonds. The predicted molar refractivity (Wildman–Crippen MR) is 67.4 cm³/mol. The first-order chi connectivity index (χ1) is 7.65. The number of carbonyl (C=O) groups is 1. The molecule has 2 atom stereocenters. The Morgan fingerprint density at radius 3 is 2.69 bits per heavy atom. The van der Waals surface area contributed by atoms with Crippen molar-refractivity contribution in [2.24, 2.45) is 5.92 Å². The zero-order valence-electron chi connectivity index (χ0n) is 11.0. The minimum atomic E-state index is 0.109. The van der Waals surface area contributed by atoms with Crippen LogP contribution in [0.3, 0.4) is 0 Å². The molecular weight excluding hydrogens is 200 g/mol. The molecule has 1 N–H and O–H groups in total. The monoisotopic (exact) mass is 226 g/mol. The summed E-state index contributed by atoms with van der Waals surface area (Å²) in [6.07, 6.45) is 4.89. The van der Waals surface area contributed by atoms with Crippen LogP contribution in [0.5, 0.6) is 0 Å². The maximum atomic E-state index is 11.1. The Kier molecular flexibility index (Phi) is 5.81. The molecule has 2 unspecified atom stereocenters. The van der Waals surface area contributed by atoms with Gasteiger partial charge in [0.25, 0.3) is 0 Å². The van der Waals surface area contributed by atoms with E-state index >= 15 is 0 Å². The number of likely N-dealkylation sites (tertiary alicyclic amines) is 1. The second kappa shape index (κ2) is 6.89. The van der Waals surface area contributed by atoms with Crippen molar-refractivity contribution in [3.63, 3.8) is 0 Å². The Hall–Kier alpha value is -0.570. The summed E-state index contributed by atoms with van der Waals surface area (Å²) in [6, 6.07) is 0.369. The minimum absolute atomic E-state index is 0.109. The molecule has 0 aliphatic carbocycles. The van der Waals surface area contributed by atoms with Gasteiger partial charge in [0.2, 0.25) is 5.91 Å². The van der Waals surface area contributed by atoms with Gasteiger partial charge in [0.1, 0.15) is 0 Å². The second-order valence-electron chi connectivity index (χ2n) is 5.02. The third kappa shape index (κ3) is 4.52. The molecule has 0 saturated carbocycles. The van der Waals surface area contributed by atoms with Crippen molar-refractivity contribution in [1.82, 2.24) is 10.2 Å². The fraction of sp³-hybridized carbons (Fsp3) is 0.923. The van der Waals surface area contributed by atoms with Crippen LogP contribution in [0.2, 0.25) is 0 Å². The Balaban J connectivity index is 2.43. The van der Waals surface area contributed by atoms with Crippen molar-refractivity contribution in [2.45, 2.75) is 52.5 Å². The zero-order chi connectivity index (χ0) is 12.0. The topological polar surface area (TPSA) is 32.3 Å². The van der Waals surface area contributed by atoms with Gasteiger partial charge in [-0.15, -0.1) is 0 Å². The molecule has 3 heteroatoms. The van der Waals surface area contributed by atoms with E-state index in [0.29, 0.717) is 6.04 Å². The van der Waals surface area contributed by atoms with Gasteiger partial charge in [-0.3, -0.25) is 4.79 Å². The largest absolute Gasteiger partial charge is 0.352 e. The van der Waals surface area contributed by atoms with E-state index in [2.05, 4.69) is 24.1 Å². The molecule has 3 nitrogen and oxygen atoms in total. The van der Waals surface area contributed by atoms with Crippen molar-refractivity contribution >= 4 is 5.91 Å². The van der Waals surface area contributed by atoms with E-state index in [1.54, 1.807) is 6.92 Å². The number of rotatable bonds is 5. The summed E-state index contributed by atoms with van der Waals surface area (Å²) in [6.45, 7) is 9.53. The summed E-state index contributed by atoms with van der Waals surface area (Å²) in [5.74, 6) is 0.861. The lowest BCUT2D eigenvalue weighted by Crippen LogP contribution is -2.50. The Bertz CT molecular complexity index is 218. The van der Waals surface area contributed by atoms with Crippen molar-refractivity contribution < 1.29 is 4.79 Å². The zero-order valence-corrected chi connectivity index (χ0v) is 11.0. The number of unbranched alkanes of at least 4 members (excludes halogenated alkanes) is 1. The van der Waals surface area contributed by atoms with Crippen molar-refractivity contribution in [3.8, 4) is 0 Å². The van der Waals surface area contributed by atoms with E-state index in [9.17, 15) is 4.79 Å². The molecule has 94 valence electrons. The lowest BCUT2D eigenvalue weighted by Gasteiger charge is -2.37. The Morgan fingerprint density at radius 2 is 2.12 bits per heavy atom. The van der Waals surface area contributed by atoms with Crippen molar-refractivity contribution in [1.29, 1.82) is 0 Å². The van der Waals surface area contributed by atoms with Crippen LogP contribution in [0, 0.1) is 5.92 Å². The number of nitrogens with one attached hydrogen (secondary N) is 1. The molecule has 0 bridgehead atoms. The van der Waals surface area contributed by atoms with E-state index in [1.807, 2.05) is 0 Å². The Morgan fingerprint density at radius 1 is 1.38 bits per heavy atom. The van der Waals surface area contributed by atoms with Crippen LogP contribution in [0.1, 0.15) is 46.5 Å². The standard InChI is InChI=1S/C13H26N2O/c1-4-6-7-15-9-12(5-2)8-13(10-15)14-11(3)16/h12-13H,4-10H2,1-3H3,(H,14,16). The van der Waals surface area contributed by atoms with E-state index in [-0.39, 0.29) is 5.91 Å². The predicted octanol–water partition coefficient (Wildman–Crippen LogP) is 2.02. The van der Waals surface area contributed by atoms with Crippen LogP contribution >= 0.6 is 0 Å². The fourth-order valence-corrected chi connectivity index (χ4v) is 2.55. The number of hydrogen-bond donors (Lipinski definition) is 1. The highest BCUT2D eigenvalue weighted by atomic mass is 16.1. The van der Waals surface area contributed by atoms with Crippen molar-refractivity contribution in [2.75, 3.05) is 19.6 Å². The van der Waals surface area contributed by atoms with Gasteiger partial charge in [0.05, 0.1) is 0 Å². The van der Waals surface area contributed by atoms with Crippen LogP contribution in [-0.4, -0.2) is 36.5 Å². The third-order valence-corrected chi connectivity index (χ3v) is 3.43. The first-order valence-electron chi connectivity index (χ1n) is 6.65. The highest BCUT2D eigenvalue weighted by Crippen LogP contribution is 2.20. The molecule has 1 fully saturated rings. The average Bonchev–Trinajstić information content (AvgIpc) is 2.25. The fourth-order valence-electron chi connectivity index (χ4n) is 2.55. The van der Waals surface area contributed by atoms with E-state index < -0.39 is 0 Å². The van der Waals surface area contributed by atoms with E-state index in [1.165, 1.54) is 32.4 Å². The minimum Gasteiger partial charge on any atom is -0.352 e. The van der Waals surface area contributed by atoms with Gasteiger partial charge in [0.15, 0.2) is 0 Å². The molecule has 0 aromatic rings. The number of piperidine rings is 1. The molecule has 1 aliphatic rings. The van der Waals surface area contributed by atoms with Crippen LogP contribution in [0.4, 0.5) is 0 Å². The van der Waals surface area contributed by atoms with Crippen LogP contribution in [-0.2, 0) is 4.79 Å². The van der Waals surface area contributed by atoms with Gasteiger partial charge in [-0.05, 0) is 25.3 Å². The lowest BCUT2D eigenvalue weighted by atomic mass is 9.92. The molecule has 1 saturated heterocycles. The maximum absolute atomic E-state index is 11.1. The number of nitrogens with zero attached hydrogens (tertiary/aromatic N) is 1. The number of carbonyl (C=O) groups excluding carboxylic acids is 1. The molecular formula is C13H26N2O. The van der Waals surface area contributed by atoms with Gasteiger partial charge in [-0.1, -0.05) is 26.7 Å². The van der Waals surface area contributed by atoms with Gasteiger partial charge in [-0.25, -0.2) is 0 Å². The summed E-state index contributed by atoms with van der Waals surface area (Å²) in [4.78, 5) is 13.6. The van der Waals surface area contributed by atoms with Crippen LogP contribution in [0.25, 0.3) is 0 Å². The number of amides is 1. The summed E-state index contributed by atoms with van der Waals surface area (Å²) >= 11 is 0. The van der Waals surface area contributed by atoms with Crippen LogP contribution < -0.4 is 5.32 Å². The first-order valence-corrected chi connectivity index (χ1v) is 6.65. The van der Waals surface area contributed by atoms with E-state index in [0.717, 1.165) is 18.9 Å². The molecule has 0 aromatic carbocycles. The maximum Gasteiger partial charge on any atom is 0.217 e. The molecule has 1 heterocycles. The highest BCUT2D eigenvalue weighted by molar-refractivity contribution is 5.73. The highest BCUT2D eigenvalue weighted by Gasteiger charge is 2.26. The van der Waals surface area contributed by atoms with Gasteiger partial charge in [0, 0.05) is 26.1 Å². The molecule has 0 aromatic heterocycles. The van der Waals surface area contributed by atoms with Gasteiger partial charge < -0.3 is 10.2 Å². The average molecular weight is 226 g/mol. The van der Waals surface area contributed by atoms with Gasteiger partial charge >= 0.3 is 0 Å². The molecule has 1 aliphatic heterocycles. The summed E-state index contributed by atoms with van der Waals surface area (Å²) in [5.41, 5.74) is 0. The first kappa shape index (κ1) is 13.5. The van der Waals surface area contributed by atoms with Crippen LogP contribution in [0.15, 0.2) is 0 Å². The molecule has 16 heavy (non-hydrogen) atoms. The summed E-state index contributed by atoms with van der Waals surface area (Å²) in [5, 5.41) is 3.07. The van der Waals surface area contributed by atoms with E-state index in [4.69, 9.17) is 0 Å². The Labute approximate surface area is 99.6 Å². The molecule has 1 rings (SSSR count). The third-order valence-electron chi connectivity index (χ3n) is 3.43. The molecule has 0 spiro atoms. The lowest BCUT2D eigenvalue weighted by molar-refractivity contribution is -0.120. The second-order valence-corrected chi connectivity index (χ2v) is 5.02. The SMILES string of the molecule is CCCCN1CC(CC)CC(NC(C)=O)C1. The molecule has 0 radical (unpaired) electrons.